The number of hydrogen-bond acceptors (Lipinski definition) is 3. The van der Waals surface area contributed by atoms with Gasteiger partial charge in [0.25, 0.3) is 5.91 Å². The molecule has 152 valence electrons. The third kappa shape index (κ3) is 4.31. The van der Waals surface area contributed by atoms with Crippen LogP contribution >= 0.6 is 0 Å². The minimum Gasteiger partial charge on any atom is -0.340 e. The minimum absolute atomic E-state index is 0.0193. The number of alkyl halides is 1. The molecule has 2 amide bonds. The Morgan fingerprint density at radius 3 is 2.55 bits per heavy atom. The summed E-state index contributed by atoms with van der Waals surface area (Å²) in [5, 5.41) is 0. The minimum atomic E-state index is -1.61. The van der Waals surface area contributed by atoms with E-state index in [4.69, 9.17) is 0 Å². The molecule has 5 nitrogen and oxygen atoms in total. The van der Waals surface area contributed by atoms with Gasteiger partial charge in [0.1, 0.15) is 0 Å². The third-order valence-electron chi connectivity index (χ3n) is 6.29. The summed E-state index contributed by atoms with van der Waals surface area (Å²) >= 11 is 0. The summed E-state index contributed by atoms with van der Waals surface area (Å²) in [6.45, 7) is 2.35. The van der Waals surface area contributed by atoms with Gasteiger partial charge in [0.15, 0.2) is 0 Å². The smallest absolute Gasteiger partial charge is 0.261 e. The van der Waals surface area contributed by atoms with Crippen molar-refractivity contribution in [3.05, 3.63) is 66.0 Å². The standard InChI is InChI=1S/C23H26FN3O2/c24-21(19-6-2-1-3-7-19)22(29)26-13-10-23(11-14-26)9-8-20(28)27(17-23)16-18-5-4-12-25-15-18/h1-7,12,15,21H,8-11,13-14,16-17H2. The summed E-state index contributed by atoms with van der Waals surface area (Å²) < 4.78 is 14.7. The number of piperidine rings is 2. The lowest BCUT2D eigenvalue weighted by molar-refractivity contribution is -0.145. The number of amides is 2. The first kappa shape index (κ1) is 19.6. The van der Waals surface area contributed by atoms with Gasteiger partial charge in [0.2, 0.25) is 12.1 Å². The van der Waals surface area contributed by atoms with Crippen molar-refractivity contribution >= 4 is 11.8 Å². The number of halogens is 1. The largest absolute Gasteiger partial charge is 0.340 e. The zero-order chi connectivity index (χ0) is 20.3. The lowest BCUT2D eigenvalue weighted by atomic mass is 9.72. The van der Waals surface area contributed by atoms with E-state index in [1.165, 1.54) is 0 Å². The van der Waals surface area contributed by atoms with E-state index in [0.29, 0.717) is 38.2 Å². The molecule has 1 aromatic carbocycles. The van der Waals surface area contributed by atoms with E-state index in [-0.39, 0.29) is 11.3 Å². The molecular formula is C23H26FN3O2. The number of nitrogens with zero attached hydrogens (tertiary/aromatic N) is 3. The highest BCUT2D eigenvalue weighted by Gasteiger charge is 2.42. The molecule has 2 aliphatic rings. The number of pyridine rings is 1. The van der Waals surface area contributed by atoms with Crippen LogP contribution < -0.4 is 0 Å². The van der Waals surface area contributed by atoms with Gasteiger partial charge in [-0.3, -0.25) is 14.6 Å². The van der Waals surface area contributed by atoms with Gasteiger partial charge >= 0.3 is 0 Å². The summed E-state index contributed by atoms with van der Waals surface area (Å²) in [6, 6.07) is 12.5. The molecule has 0 saturated carbocycles. The Hall–Kier alpha value is -2.76. The second-order valence-corrected chi connectivity index (χ2v) is 8.21. The molecule has 1 atom stereocenters. The number of aromatic nitrogens is 1. The van der Waals surface area contributed by atoms with Gasteiger partial charge in [0.05, 0.1) is 0 Å². The molecule has 0 radical (unpaired) electrons. The number of carbonyl (C=O) groups excluding carboxylic acids is 2. The molecule has 4 rings (SSSR count). The first-order valence-corrected chi connectivity index (χ1v) is 10.2. The van der Waals surface area contributed by atoms with Gasteiger partial charge in [-0.1, -0.05) is 36.4 Å². The van der Waals surface area contributed by atoms with Crippen LogP contribution in [0, 0.1) is 5.41 Å². The van der Waals surface area contributed by atoms with Crippen molar-refractivity contribution in [3.8, 4) is 0 Å². The molecule has 1 aromatic heterocycles. The SMILES string of the molecule is O=C1CCC2(CCN(C(=O)C(F)c3ccccc3)CC2)CN1Cc1cccnc1. The van der Waals surface area contributed by atoms with Crippen molar-refractivity contribution < 1.29 is 14.0 Å². The fraction of sp³-hybridized carbons (Fsp3) is 0.435. The second-order valence-electron chi connectivity index (χ2n) is 8.21. The third-order valence-corrected chi connectivity index (χ3v) is 6.29. The number of rotatable bonds is 4. The number of likely N-dealkylation sites (tertiary alicyclic amines) is 2. The monoisotopic (exact) mass is 395 g/mol. The zero-order valence-corrected chi connectivity index (χ0v) is 16.5. The number of benzene rings is 1. The molecule has 0 N–H and O–H groups in total. The van der Waals surface area contributed by atoms with Crippen LogP contribution in [-0.4, -0.2) is 46.2 Å². The Bertz CT molecular complexity index is 851. The molecule has 2 aromatic rings. The maximum Gasteiger partial charge on any atom is 0.261 e. The van der Waals surface area contributed by atoms with E-state index in [1.807, 2.05) is 23.1 Å². The Labute approximate surface area is 170 Å². The van der Waals surface area contributed by atoms with Crippen molar-refractivity contribution in [3.63, 3.8) is 0 Å². The van der Waals surface area contributed by atoms with Gasteiger partial charge < -0.3 is 9.80 Å². The van der Waals surface area contributed by atoms with Gasteiger partial charge in [-0.15, -0.1) is 0 Å². The van der Waals surface area contributed by atoms with Gasteiger partial charge in [-0.2, -0.15) is 0 Å². The van der Waals surface area contributed by atoms with Crippen molar-refractivity contribution in [1.82, 2.24) is 14.8 Å². The normalized spacial score (nSPS) is 20.0. The van der Waals surface area contributed by atoms with Crippen molar-refractivity contribution in [2.75, 3.05) is 19.6 Å². The number of carbonyl (C=O) groups is 2. The molecule has 2 aliphatic heterocycles. The average Bonchev–Trinajstić information content (AvgIpc) is 2.77. The second kappa shape index (κ2) is 8.31. The highest BCUT2D eigenvalue weighted by Crippen LogP contribution is 2.41. The van der Waals surface area contributed by atoms with Crippen LogP contribution in [0.4, 0.5) is 4.39 Å². The molecule has 1 unspecified atom stereocenters. The van der Waals surface area contributed by atoms with E-state index in [9.17, 15) is 14.0 Å². The van der Waals surface area contributed by atoms with Gasteiger partial charge in [0, 0.05) is 45.0 Å². The molecule has 3 heterocycles. The molecule has 0 bridgehead atoms. The average molecular weight is 395 g/mol. The van der Waals surface area contributed by atoms with Crippen LogP contribution in [0.15, 0.2) is 54.9 Å². The molecule has 6 heteroatoms. The maximum absolute atomic E-state index is 14.7. The van der Waals surface area contributed by atoms with Crippen LogP contribution in [-0.2, 0) is 16.1 Å². The summed E-state index contributed by atoms with van der Waals surface area (Å²) in [6.07, 6.45) is 4.89. The molecule has 0 aliphatic carbocycles. The summed E-state index contributed by atoms with van der Waals surface area (Å²) in [4.78, 5) is 32.7. The van der Waals surface area contributed by atoms with Crippen LogP contribution in [0.5, 0.6) is 0 Å². The fourth-order valence-electron chi connectivity index (χ4n) is 4.49. The number of hydrogen-bond donors (Lipinski definition) is 0. The first-order chi connectivity index (χ1) is 14.1. The Morgan fingerprint density at radius 2 is 1.86 bits per heavy atom. The molecule has 2 fully saturated rings. The highest BCUT2D eigenvalue weighted by atomic mass is 19.1. The molecule has 2 saturated heterocycles. The molecule has 29 heavy (non-hydrogen) atoms. The lowest BCUT2D eigenvalue weighted by Gasteiger charge is -2.47. The topological polar surface area (TPSA) is 53.5 Å². The predicted molar refractivity (Wildman–Crippen MR) is 107 cm³/mol. The van der Waals surface area contributed by atoms with Crippen molar-refractivity contribution in [1.29, 1.82) is 0 Å². The van der Waals surface area contributed by atoms with E-state index < -0.39 is 12.1 Å². The quantitative estimate of drug-likeness (QED) is 0.796. The van der Waals surface area contributed by atoms with Crippen molar-refractivity contribution in [2.24, 2.45) is 5.41 Å². The van der Waals surface area contributed by atoms with E-state index in [0.717, 1.165) is 24.8 Å². The van der Waals surface area contributed by atoms with Gasteiger partial charge in [-0.05, 0) is 41.9 Å². The molecule has 1 spiro atoms. The van der Waals surface area contributed by atoms with E-state index in [1.54, 1.807) is 41.6 Å². The predicted octanol–water partition coefficient (Wildman–Crippen LogP) is 3.52. The Morgan fingerprint density at radius 1 is 1.10 bits per heavy atom. The fourth-order valence-corrected chi connectivity index (χ4v) is 4.49. The highest BCUT2D eigenvalue weighted by molar-refractivity contribution is 5.82. The van der Waals surface area contributed by atoms with Gasteiger partial charge in [-0.25, -0.2) is 4.39 Å². The van der Waals surface area contributed by atoms with Crippen molar-refractivity contribution in [2.45, 2.75) is 38.4 Å². The zero-order valence-electron chi connectivity index (χ0n) is 16.5. The molecular weight excluding hydrogens is 369 g/mol. The van der Waals surface area contributed by atoms with E-state index >= 15 is 0 Å². The van der Waals surface area contributed by atoms with Crippen LogP contribution in [0.25, 0.3) is 0 Å². The Kier molecular flexibility index (Phi) is 5.60. The summed E-state index contributed by atoms with van der Waals surface area (Å²) in [5.41, 5.74) is 1.45. The summed E-state index contributed by atoms with van der Waals surface area (Å²) in [5.74, 6) is -0.281. The van der Waals surface area contributed by atoms with E-state index in [2.05, 4.69) is 4.98 Å². The lowest BCUT2D eigenvalue weighted by Crippen LogP contribution is -2.52. The van der Waals surface area contributed by atoms with Crippen LogP contribution in [0.2, 0.25) is 0 Å². The van der Waals surface area contributed by atoms with Crippen LogP contribution in [0.3, 0.4) is 0 Å². The maximum atomic E-state index is 14.7. The first-order valence-electron chi connectivity index (χ1n) is 10.2. The van der Waals surface area contributed by atoms with Crippen LogP contribution in [0.1, 0.15) is 43.0 Å². The Balaban J connectivity index is 1.37. The summed E-state index contributed by atoms with van der Waals surface area (Å²) in [7, 11) is 0.